The lowest BCUT2D eigenvalue weighted by atomic mass is 10.0. The molecule has 6 nitrogen and oxygen atoms in total. The van der Waals surface area contributed by atoms with Gasteiger partial charge in [-0.2, -0.15) is 0 Å². The van der Waals surface area contributed by atoms with Crippen molar-refractivity contribution in [3.8, 4) is 0 Å². The van der Waals surface area contributed by atoms with Gasteiger partial charge in [0.05, 0.1) is 10.6 Å². The van der Waals surface area contributed by atoms with Crippen LogP contribution in [0.5, 0.6) is 0 Å². The summed E-state index contributed by atoms with van der Waals surface area (Å²) in [7, 11) is -3.26. The first kappa shape index (κ1) is 16.2. The standard InChI is InChI=1S/C17H16N2O4S/c1-24(21,22)14-9-7-13(8-10-14)18-17(20)16-11-15(19-23-16)12-5-3-2-4-6-12/h2-10,16H,11H2,1H3,(H,18,20)/t16-/m1/s1. The summed E-state index contributed by atoms with van der Waals surface area (Å²) in [5.74, 6) is -0.322. The highest BCUT2D eigenvalue weighted by Gasteiger charge is 2.28. The lowest BCUT2D eigenvalue weighted by Gasteiger charge is -2.10. The third kappa shape index (κ3) is 3.62. The average Bonchev–Trinajstić information content (AvgIpc) is 3.05. The van der Waals surface area contributed by atoms with Crippen molar-refractivity contribution >= 4 is 27.1 Å². The Labute approximate surface area is 140 Å². The van der Waals surface area contributed by atoms with E-state index in [1.165, 1.54) is 12.1 Å². The van der Waals surface area contributed by atoms with Gasteiger partial charge in [0, 0.05) is 18.4 Å². The Hall–Kier alpha value is -2.67. The number of carbonyl (C=O) groups is 1. The Morgan fingerprint density at radius 3 is 2.42 bits per heavy atom. The first-order valence-corrected chi connectivity index (χ1v) is 9.22. The molecule has 0 saturated carbocycles. The molecule has 24 heavy (non-hydrogen) atoms. The number of nitrogens with one attached hydrogen (secondary N) is 1. The second-order valence-corrected chi connectivity index (χ2v) is 7.50. The zero-order valence-corrected chi connectivity index (χ0v) is 13.8. The molecule has 0 spiro atoms. The number of benzene rings is 2. The van der Waals surface area contributed by atoms with Crippen LogP contribution in [0.2, 0.25) is 0 Å². The van der Waals surface area contributed by atoms with Crippen molar-refractivity contribution in [2.45, 2.75) is 17.4 Å². The van der Waals surface area contributed by atoms with Crippen molar-refractivity contribution in [1.82, 2.24) is 0 Å². The van der Waals surface area contributed by atoms with Crippen LogP contribution in [-0.4, -0.2) is 32.4 Å². The third-order valence-electron chi connectivity index (χ3n) is 3.62. The average molecular weight is 344 g/mol. The molecular weight excluding hydrogens is 328 g/mol. The fraction of sp³-hybridized carbons (Fsp3) is 0.176. The van der Waals surface area contributed by atoms with Gasteiger partial charge in [0.15, 0.2) is 9.84 Å². The Bertz CT molecular complexity index is 875. The van der Waals surface area contributed by atoms with Crippen LogP contribution in [0.25, 0.3) is 0 Å². The summed E-state index contributed by atoms with van der Waals surface area (Å²) in [5.41, 5.74) is 2.15. The minimum Gasteiger partial charge on any atom is -0.382 e. The predicted molar refractivity (Wildman–Crippen MR) is 90.7 cm³/mol. The van der Waals surface area contributed by atoms with Gasteiger partial charge in [-0.15, -0.1) is 0 Å². The smallest absolute Gasteiger partial charge is 0.268 e. The van der Waals surface area contributed by atoms with Gasteiger partial charge in [0.2, 0.25) is 6.10 Å². The number of carbonyl (C=O) groups excluding carboxylic acids is 1. The summed E-state index contributed by atoms with van der Waals surface area (Å²) in [6.45, 7) is 0. The molecule has 2 aromatic carbocycles. The summed E-state index contributed by atoms with van der Waals surface area (Å²) >= 11 is 0. The summed E-state index contributed by atoms with van der Waals surface area (Å²) in [4.78, 5) is 17.7. The first-order chi connectivity index (χ1) is 11.4. The van der Waals surface area contributed by atoms with E-state index in [-0.39, 0.29) is 10.8 Å². The molecule has 0 aliphatic carbocycles. The first-order valence-electron chi connectivity index (χ1n) is 7.32. The van der Waals surface area contributed by atoms with Crippen LogP contribution in [0.1, 0.15) is 12.0 Å². The van der Waals surface area contributed by atoms with Gasteiger partial charge >= 0.3 is 0 Å². The second-order valence-electron chi connectivity index (χ2n) is 5.49. The third-order valence-corrected chi connectivity index (χ3v) is 4.75. The molecule has 0 radical (unpaired) electrons. The molecule has 0 fully saturated rings. The summed E-state index contributed by atoms with van der Waals surface area (Å²) < 4.78 is 22.8. The maximum Gasteiger partial charge on any atom is 0.268 e. The van der Waals surface area contributed by atoms with E-state index >= 15 is 0 Å². The topological polar surface area (TPSA) is 84.8 Å². The van der Waals surface area contributed by atoms with E-state index in [0.717, 1.165) is 17.5 Å². The van der Waals surface area contributed by atoms with Crippen LogP contribution in [0.3, 0.4) is 0 Å². The zero-order valence-electron chi connectivity index (χ0n) is 13.0. The zero-order chi connectivity index (χ0) is 17.2. The van der Waals surface area contributed by atoms with Crippen molar-refractivity contribution in [3.63, 3.8) is 0 Å². The number of rotatable bonds is 4. The van der Waals surface area contributed by atoms with Crippen molar-refractivity contribution in [3.05, 3.63) is 60.2 Å². The van der Waals surface area contributed by atoms with Crippen LogP contribution in [0, 0.1) is 0 Å². The van der Waals surface area contributed by atoms with Gasteiger partial charge in [0.1, 0.15) is 0 Å². The van der Waals surface area contributed by atoms with Gasteiger partial charge in [-0.3, -0.25) is 4.79 Å². The predicted octanol–water partition coefficient (Wildman–Crippen LogP) is 2.22. The molecule has 1 aliphatic rings. The lowest BCUT2D eigenvalue weighted by Crippen LogP contribution is -2.28. The van der Waals surface area contributed by atoms with Crippen molar-refractivity contribution in [2.75, 3.05) is 11.6 Å². The van der Waals surface area contributed by atoms with E-state index in [2.05, 4.69) is 10.5 Å². The molecule has 3 rings (SSSR count). The van der Waals surface area contributed by atoms with Gasteiger partial charge < -0.3 is 10.2 Å². The molecule has 0 bridgehead atoms. The normalized spacial score (nSPS) is 17.0. The molecule has 0 aromatic heterocycles. The number of sulfone groups is 1. The Morgan fingerprint density at radius 2 is 1.79 bits per heavy atom. The van der Waals surface area contributed by atoms with E-state index in [1.807, 2.05) is 30.3 Å². The molecule has 124 valence electrons. The summed E-state index contributed by atoms with van der Waals surface area (Å²) in [5, 5.41) is 6.68. The number of nitrogens with zero attached hydrogens (tertiary/aromatic N) is 1. The minimum atomic E-state index is -3.26. The van der Waals surface area contributed by atoms with Crippen LogP contribution in [0.15, 0.2) is 64.6 Å². The SMILES string of the molecule is CS(=O)(=O)c1ccc(NC(=O)[C@H]2CC(c3ccccc3)=NO2)cc1. The molecular formula is C17H16N2O4S. The summed E-state index contributed by atoms with van der Waals surface area (Å²) in [6.07, 6.45) is 0.821. The van der Waals surface area contributed by atoms with E-state index < -0.39 is 15.9 Å². The van der Waals surface area contributed by atoms with Crippen LogP contribution < -0.4 is 5.32 Å². The molecule has 0 saturated heterocycles. The van der Waals surface area contributed by atoms with Crippen LogP contribution in [0.4, 0.5) is 5.69 Å². The van der Waals surface area contributed by atoms with E-state index in [9.17, 15) is 13.2 Å². The minimum absolute atomic E-state index is 0.201. The monoisotopic (exact) mass is 344 g/mol. The van der Waals surface area contributed by atoms with Gasteiger partial charge in [-0.25, -0.2) is 8.42 Å². The fourth-order valence-electron chi connectivity index (χ4n) is 2.33. The van der Waals surface area contributed by atoms with Gasteiger partial charge in [-0.05, 0) is 29.8 Å². The van der Waals surface area contributed by atoms with Gasteiger partial charge in [-0.1, -0.05) is 35.5 Å². The molecule has 1 aliphatic heterocycles. The molecule has 1 N–H and O–H groups in total. The van der Waals surface area contributed by atoms with E-state index in [4.69, 9.17) is 4.84 Å². The molecule has 1 amide bonds. The van der Waals surface area contributed by atoms with Crippen LogP contribution >= 0.6 is 0 Å². The molecule has 0 unspecified atom stereocenters. The second kappa shape index (κ2) is 6.45. The van der Waals surface area contributed by atoms with E-state index in [0.29, 0.717) is 12.1 Å². The largest absolute Gasteiger partial charge is 0.382 e. The number of oxime groups is 1. The number of hydrogen-bond donors (Lipinski definition) is 1. The van der Waals surface area contributed by atoms with Crippen molar-refractivity contribution in [2.24, 2.45) is 5.16 Å². The molecule has 2 aromatic rings. The number of amides is 1. The van der Waals surface area contributed by atoms with Crippen molar-refractivity contribution in [1.29, 1.82) is 0 Å². The molecule has 1 heterocycles. The highest BCUT2D eigenvalue weighted by Crippen LogP contribution is 2.19. The maximum absolute atomic E-state index is 12.2. The maximum atomic E-state index is 12.2. The Morgan fingerprint density at radius 1 is 1.12 bits per heavy atom. The van der Waals surface area contributed by atoms with Crippen molar-refractivity contribution < 1.29 is 18.0 Å². The highest BCUT2D eigenvalue weighted by atomic mass is 32.2. The molecule has 1 atom stereocenters. The number of anilines is 1. The summed E-state index contributed by atoms with van der Waals surface area (Å²) in [6, 6.07) is 15.5. The quantitative estimate of drug-likeness (QED) is 0.922. The Kier molecular flexibility index (Phi) is 4.35. The van der Waals surface area contributed by atoms with Gasteiger partial charge in [0.25, 0.3) is 5.91 Å². The lowest BCUT2D eigenvalue weighted by molar-refractivity contribution is -0.125. The van der Waals surface area contributed by atoms with Crippen LogP contribution in [-0.2, 0) is 19.5 Å². The number of hydrogen-bond acceptors (Lipinski definition) is 5. The highest BCUT2D eigenvalue weighted by molar-refractivity contribution is 7.90. The Balaban J connectivity index is 1.63. The van der Waals surface area contributed by atoms with E-state index in [1.54, 1.807) is 12.1 Å². The fourth-order valence-corrected chi connectivity index (χ4v) is 2.96. The molecule has 7 heteroatoms.